The molecule has 198 valence electrons. The summed E-state index contributed by atoms with van der Waals surface area (Å²) in [4.78, 5) is 51.8. The number of aliphatic hydroxyl groups is 2. The highest BCUT2D eigenvalue weighted by Crippen LogP contribution is 2.52. The molecule has 0 aromatic heterocycles. The zero-order chi connectivity index (χ0) is 27.2. The van der Waals surface area contributed by atoms with E-state index in [1.54, 1.807) is 25.1 Å². The van der Waals surface area contributed by atoms with E-state index in [9.17, 15) is 34.5 Å². The van der Waals surface area contributed by atoms with Crippen LogP contribution in [-0.2, 0) is 25.5 Å². The number of nitrogens with one attached hydrogen (secondary N) is 1. The zero-order valence-corrected chi connectivity index (χ0v) is 21.0. The fourth-order valence-corrected chi connectivity index (χ4v) is 5.64. The number of hydrogen-bond acceptors (Lipinski definition) is 9. The van der Waals surface area contributed by atoms with Crippen LogP contribution >= 0.6 is 0 Å². The highest BCUT2D eigenvalue weighted by molar-refractivity contribution is 6.21. The number of amides is 2. The number of phenols is 1. The molecule has 3 aliphatic rings. The molecular formula is C26H31N3O8. The summed E-state index contributed by atoms with van der Waals surface area (Å²) >= 11 is 0. The number of carbonyl (C=O) groups is 4. The number of nitrogens with zero attached hydrogens (tertiary/aromatic N) is 1. The van der Waals surface area contributed by atoms with Gasteiger partial charge in [0.15, 0.2) is 17.3 Å². The van der Waals surface area contributed by atoms with Crippen LogP contribution in [-0.4, -0.2) is 59.6 Å². The number of nitrogens with two attached hydrogens (primary N) is 1. The zero-order valence-electron chi connectivity index (χ0n) is 21.0. The van der Waals surface area contributed by atoms with Gasteiger partial charge in [0, 0.05) is 31.8 Å². The van der Waals surface area contributed by atoms with E-state index in [2.05, 4.69) is 5.32 Å². The van der Waals surface area contributed by atoms with Crippen LogP contribution in [0.2, 0.25) is 0 Å². The minimum atomic E-state index is -1.19. The first-order valence-electron chi connectivity index (χ1n) is 12.2. The lowest BCUT2D eigenvalue weighted by Crippen LogP contribution is -2.44. The topological polar surface area (TPSA) is 179 Å². The van der Waals surface area contributed by atoms with E-state index in [-0.39, 0.29) is 36.3 Å². The summed E-state index contributed by atoms with van der Waals surface area (Å²) in [5.41, 5.74) is 5.85. The van der Waals surface area contributed by atoms with Gasteiger partial charge in [0.2, 0.25) is 0 Å². The maximum Gasteiger partial charge on any atom is 0.411 e. The summed E-state index contributed by atoms with van der Waals surface area (Å²) in [5.74, 6) is -6.15. The van der Waals surface area contributed by atoms with Gasteiger partial charge in [0.1, 0.15) is 17.1 Å². The first-order valence-corrected chi connectivity index (χ1v) is 12.2. The molecule has 3 unspecified atom stereocenters. The summed E-state index contributed by atoms with van der Waals surface area (Å²) in [6.45, 7) is 2.16. The van der Waals surface area contributed by atoms with Crippen molar-refractivity contribution in [3.63, 3.8) is 0 Å². The molecule has 0 aliphatic heterocycles. The molecule has 1 aromatic rings. The maximum atomic E-state index is 13.6. The fraction of sp³-hybridized carbons (Fsp3) is 0.462. The molecule has 0 spiro atoms. The average Bonchev–Trinajstić information content (AvgIpc) is 2.79. The van der Waals surface area contributed by atoms with E-state index >= 15 is 0 Å². The van der Waals surface area contributed by atoms with Crippen LogP contribution < -0.4 is 16.0 Å². The van der Waals surface area contributed by atoms with Crippen LogP contribution in [0.1, 0.15) is 43.7 Å². The Bertz CT molecular complexity index is 1260. The second-order valence-electron chi connectivity index (χ2n) is 9.91. The lowest BCUT2D eigenvalue weighted by Gasteiger charge is -2.41. The molecule has 3 aliphatic carbocycles. The van der Waals surface area contributed by atoms with Gasteiger partial charge in [-0.25, -0.2) is 4.79 Å². The van der Waals surface area contributed by atoms with Gasteiger partial charge < -0.3 is 30.7 Å². The number of hydrogen-bond donors (Lipinski definition) is 5. The molecule has 11 heteroatoms. The molecule has 1 saturated carbocycles. The Morgan fingerprint density at radius 3 is 2.51 bits per heavy atom. The van der Waals surface area contributed by atoms with E-state index in [0.717, 1.165) is 6.42 Å². The monoisotopic (exact) mass is 513 g/mol. The molecule has 3 atom stereocenters. The standard InChI is InChI=1S/C26H31N3O8/c1-4-5-6-37-26(36)28-14-10-15(29(2)3)13-8-11-7-12-9-16(30)20(25(27)35)24(34)18(12)22(32)17(11)23(33)19(13)21(14)31/h10-12,18,31,33-34H,4-9H2,1-3H3,(H2,27,35)(H,28,36). The maximum absolute atomic E-state index is 13.6. The van der Waals surface area contributed by atoms with Crippen LogP contribution in [0.15, 0.2) is 23.0 Å². The minimum absolute atomic E-state index is 0.00106. The van der Waals surface area contributed by atoms with E-state index in [1.165, 1.54) is 0 Å². The quantitative estimate of drug-likeness (QED) is 0.217. The summed E-state index contributed by atoms with van der Waals surface area (Å²) in [7, 11) is 3.53. The number of phenolic OH excluding ortho intramolecular Hbond substituents is 1. The van der Waals surface area contributed by atoms with Gasteiger partial charge in [-0.2, -0.15) is 0 Å². The SMILES string of the molecule is CCCCOC(=O)Nc1cc(N(C)C)c2c(c1O)C(O)=C1C(=O)C3C(O)=C(C(N)=O)C(=O)CC3CC1C2. The van der Waals surface area contributed by atoms with Crippen LogP contribution in [0, 0.1) is 17.8 Å². The molecule has 2 amide bonds. The molecule has 37 heavy (non-hydrogen) atoms. The average molecular weight is 514 g/mol. The number of ketones is 2. The fourth-order valence-electron chi connectivity index (χ4n) is 5.64. The van der Waals surface area contributed by atoms with Crippen LogP contribution in [0.4, 0.5) is 16.2 Å². The van der Waals surface area contributed by atoms with E-state index < -0.39 is 64.2 Å². The van der Waals surface area contributed by atoms with Crippen molar-refractivity contribution in [3.8, 4) is 5.75 Å². The Hall–Kier alpha value is -4.02. The highest BCUT2D eigenvalue weighted by Gasteiger charge is 2.51. The molecule has 1 fully saturated rings. The second kappa shape index (κ2) is 9.79. The first-order chi connectivity index (χ1) is 17.5. The number of primary amides is 1. The normalized spacial score (nSPS) is 22.7. The number of fused-ring (bicyclic) bond motifs is 3. The van der Waals surface area contributed by atoms with Crippen molar-refractivity contribution >= 4 is 40.7 Å². The first kappa shape index (κ1) is 26.1. The van der Waals surface area contributed by atoms with Crippen molar-refractivity contribution in [1.82, 2.24) is 0 Å². The van der Waals surface area contributed by atoms with E-state index in [1.807, 2.05) is 6.92 Å². The van der Waals surface area contributed by atoms with Gasteiger partial charge in [0.05, 0.1) is 23.8 Å². The predicted octanol–water partition coefficient (Wildman–Crippen LogP) is 2.72. The molecule has 11 nitrogen and oxygen atoms in total. The predicted molar refractivity (Wildman–Crippen MR) is 134 cm³/mol. The number of unbranched alkanes of at least 4 members (excludes halogenated alkanes) is 1. The van der Waals surface area contributed by atoms with Gasteiger partial charge in [-0.1, -0.05) is 13.3 Å². The number of carbonyl (C=O) groups excluding carboxylic acids is 4. The second-order valence-corrected chi connectivity index (χ2v) is 9.91. The molecule has 4 rings (SSSR count). The molecular weight excluding hydrogens is 482 g/mol. The molecule has 0 bridgehead atoms. The highest BCUT2D eigenvalue weighted by atomic mass is 16.5. The number of Topliss-reactive ketones (excluding diaryl/α,β-unsaturated/α-hetero) is 2. The van der Waals surface area contributed by atoms with Crippen molar-refractivity contribution in [2.75, 3.05) is 30.9 Å². The number of aliphatic hydroxyl groups excluding tert-OH is 2. The van der Waals surface area contributed by atoms with Gasteiger partial charge in [-0.3, -0.25) is 19.7 Å². The Morgan fingerprint density at radius 2 is 1.89 bits per heavy atom. The van der Waals surface area contributed by atoms with Crippen LogP contribution in [0.5, 0.6) is 5.75 Å². The molecule has 6 N–H and O–H groups in total. The van der Waals surface area contributed by atoms with Crippen molar-refractivity contribution in [1.29, 1.82) is 0 Å². The third-order valence-corrected chi connectivity index (χ3v) is 7.31. The number of rotatable bonds is 6. The molecule has 1 aromatic carbocycles. The largest absolute Gasteiger partial charge is 0.511 e. The lowest BCUT2D eigenvalue weighted by molar-refractivity contribution is -0.127. The Kier molecular flexibility index (Phi) is 6.90. The van der Waals surface area contributed by atoms with Gasteiger partial charge >= 0.3 is 6.09 Å². The Morgan fingerprint density at radius 1 is 1.19 bits per heavy atom. The summed E-state index contributed by atoms with van der Waals surface area (Å²) in [6.07, 6.45) is 1.19. The molecule has 0 heterocycles. The van der Waals surface area contributed by atoms with Crippen molar-refractivity contribution in [2.24, 2.45) is 23.5 Å². The molecule has 0 saturated heterocycles. The smallest absolute Gasteiger partial charge is 0.411 e. The number of ether oxygens (including phenoxy) is 1. The number of aromatic hydroxyl groups is 1. The third-order valence-electron chi connectivity index (χ3n) is 7.31. The van der Waals surface area contributed by atoms with Gasteiger partial charge in [-0.05, 0) is 42.7 Å². The Balaban J connectivity index is 1.81. The number of allylic oxidation sites excluding steroid dienone is 2. The number of anilines is 2. The van der Waals surface area contributed by atoms with Crippen LogP contribution in [0.25, 0.3) is 5.76 Å². The lowest BCUT2D eigenvalue weighted by atomic mass is 9.61. The van der Waals surface area contributed by atoms with Crippen molar-refractivity contribution in [2.45, 2.75) is 39.0 Å². The van der Waals surface area contributed by atoms with Gasteiger partial charge in [-0.15, -0.1) is 0 Å². The van der Waals surface area contributed by atoms with Crippen molar-refractivity contribution < 1.29 is 39.2 Å². The van der Waals surface area contributed by atoms with Crippen LogP contribution in [0.3, 0.4) is 0 Å². The summed E-state index contributed by atoms with van der Waals surface area (Å²) in [5, 5.41) is 35.6. The minimum Gasteiger partial charge on any atom is -0.511 e. The van der Waals surface area contributed by atoms with E-state index in [4.69, 9.17) is 10.5 Å². The summed E-state index contributed by atoms with van der Waals surface area (Å²) < 4.78 is 5.12. The van der Waals surface area contributed by atoms with E-state index in [0.29, 0.717) is 24.1 Å². The van der Waals surface area contributed by atoms with Gasteiger partial charge in [0.25, 0.3) is 5.91 Å². The third kappa shape index (κ3) is 4.38. The molecule has 0 radical (unpaired) electrons. The number of benzene rings is 1. The Labute approximate surface area is 213 Å². The summed E-state index contributed by atoms with van der Waals surface area (Å²) in [6, 6.07) is 1.57. The van der Waals surface area contributed by atoms with Crippen molar-refractivity contribution in [3.05, 3.63) is 34.1 Å².